The normalized spacial score (nSPS) is 33.6. The van der Waals surface area contributed by atoms with Crippen molar-refractivity contribution in [2.24, 2.45) is 34.5 Å². The molecule has 198 valence electrons. The third-order valence-electron chi connectivity index (χ3n) is 11.0. The monoisotopic (exact) mass is 504 g/mol. The first-order valence-electron chi connectivity index (χ1n) is 14.9. The number of allylic oxidation sites excluding steroid dienone is 5. The molecule has 0 aromatic heterocycles. The Morgan fingerprint density at radius 1 is 0.895 bits per heavy atom. The highest BCUT2D eigenvalue weighted by Crippen LogP contribution is 2.66. The summed E-state index contributed by atoms with van der Waals surface area (Å²) in [6.45, 7) is 14.6. The predicted molar refractivity (Wildman–Crippen MR) is 159 cm³/mol. The molecular weight excluding hydrogens is 460 g/mol. The molecule has 4 aliphatic carbocycles. The Hall–Kier alpha value is -2.80. The van der Waals surface area contributed by atoms with Gasteiger partial charge in [-0.2, -0.15) is 0 Å². The molecule has 4 aliphatic rings. The fourth-order valence-electron chi connectivity index (χ4n) is 8.91. The second-order valence-corrected chi connectivity index (χ2v) is 13.0. The molecule has 0 aliphatic heterocycles. The Morgan fingerprint density at radius 2 is 1.63 bits per heavy atom. The smallest absolute Gasteiger partial charge is 0.119 e. The van der Waals surface area contributed by atoms with E-state index in [4.69, 9.17) is 4.74 Å². The first-order valence-corrected chi connectivity index (χ1v) is 14.9. The molecule has 0 heterocycles. The van der Waals surface area contributed by atoms with Gasteiger partial charge in [-0.25, -0.2) is 0 Å². The Bertz CT molecular complexity index is 1250. The first-order chi connectivity index (χ1) is 18.4. The zero-order valence-corrected chi connectivity index (χ0v) is 23.4. The second-order valence-electron chi connectivity index (χ2n) is 13.0. The van der Waals surface area contributed by atoms with Crippen molar-refractivity contribution in [3.63, 3.8) is 0 Å². The highest BCUT2D eigenvalue weighted by Gasteiger charge is 2.58. The van der Waals surface area contributed by atoms with Crippen molar-refractivity contribution in [3.05, 3.63) is 114 Å². The van der Waals surface area contributed by atoms with Crippen molar-refractivity contribution < 1.29 is 4.74 Å². The number of fused-ring (bicyclic) bond motifs is 5. The molecule has 2 aromatic rings. The maximum atomic E-state index is 6.30. The third-order valence-corrected chi connectivity index (χ3v) is 11.0. The number of ether oxygens (including phenoxy) is 1. The fourth-order valence-corrected chi connectivity index (χ4v) is 8.91. The molecule has 0 saturated heterocycles. The number of benzene rings is 2. The van der Waals surface area contributed by atoms with Crippen LogP contribution in [0.3, 0.4) is 0 Å². The zero-order valence-electron chi connectivity index (χ0n) is 23.4. The summed E-state index contributed by atoms with van der Waals surface area (Å²) < 4.78 is 6.30. The average Bonchev–Trinajstić information content (AvgIpc) is 3.29. The maximum Gasteiger partial charge on any atom is 0.119 e. The molecule has 3 saturated carbocycles. The van der Waals surface area contributed by atoms with E-state index in [9.17, 15) is 0 Å². The van der Waals surface area contributed by atoms with E-state index in [1.54, 1.807) is 5.57 Å². The second kappa shape index (κ2) is 10.1. The number of rotatable bonds is 7. The minimum absolute atomic E-state index is 0.233. The fraction of sp³-hybridized carbons (Fsp3) is 0.459. The van der Waals surface area contributed by atoms with Crippen LogP contribution in [0.15, 0.2) is 103 Å². The van der Waals surface area contributed by atoms with Crippen LogP contribution in [0.4, 0.5) is 0 Å². The van der Waals surface area contributed by atoms with Gasteiger partial charge in [-0.3, -0.25) is 0 Å². The Labute approximate surface area is 230 Å². The van der Waals surface area contributed by atoms with Gasteiger partial charge in [0, 0.05) is 5.41 Å². The molecule has 6 atom stereocenters. The minimum atomic E-state index is 0.233. The van der Waals surface area contributed by atoms with E-state index in [2.05, 4.69) is 99.8 Å². The molecule has 38 heavy (non-hydrogen) atoms. The van der Waals surface area contributed by atoms with Gasteiger partial charge in [0.2, 0.25) is 0 Å². The van der Waals surface area contributed by atoms with Gasteiger partial charge in [0.15, 0.2) is 0 Å². The molecule has 0 radical (unpaired) electrons. The molecule has 1 nitrogen and oxygen atoms in total. The molecule has 0 N–H and O–H groups in total. The van der Waals surface area contributed by atoms with E-state index >= 15 is 0 Å². The number of hydrogen-bond donors (Lipinski definition) is 0. The summed E-state index contributed by atoms with van der Waals surface area (Å²) in [5.74, 6) is 3.94. The standard InChI is InChI=1S/C37H44O/c1-26-20-22-36(3)30(24-26)14-17-32-34-19-18-33(37(34,4)23-21-35(32)36)27(2)25-38-31-15-12-29(13-16-31)11-10-28-8-6-5-7-9-28/h5-9,12-13,15-16,20,22,24,32-35H,1-2,10-11,14,17-19,21,23,25H2,3-4H3. The van der Waals surface area contributed by atoms with E-state index in [1.807, 2.05) is 0 Å². The summed E-state index contributed by atoms with van der Waals surface area (Å²) in [7, 11) is 0. The molecule has 0 amide bonds. The van der Waals surface area contributed by atoms with E-state index < -0.39 is 0 Å². The summed E-state index contributed by atoms with van der Waals surface area (Å²) >= 11 is 0. The predicted octanol–water partition coefficient (Wildman–Crippen LogP) is 9.32. The molecule has 0 bridgehead atoms. The van der Waals surface area contributed by atoms with Crippen molar-refractivity contribution >= 4 is 0 Å². The van der Waals surface area contributed by atoms with Crippen LogP contribution in [0, 0.1) is 34.5 Å². The largest absolute Gasteiger partial charge is 0.489 e. The van der Waals surface area contributed by atoms with Crippen LogP contribution in [-0.4, -0.2) is 6.61 Å². The van der Waals surface area contributed by atoms with Crippen molar-refractivity contribution in [3.8, 4) is 5.75 Å². The van der Waals surface area contributed by atoms with Gasteiger partial charge in [0.1, 0.15) is 12.4 Å². The van der Waals surface area contributed by atoms with Crippen molar-refractivity contribution in [1.29, 1.82) is 0 Å². The van der Waals surface area contributed by atoms with Gasteiger partial charge in [-0.15, -0.1) is 0 Å². The van der Waals surface area contributed by atoms with Gasteiger partial charge >= 0.3 is 0 Å². The van der Waals surface area contributed by atoms with E-state index in [0.29, 0.717) is 17.9 Å². The summed E-state index contributed by atoms with van der Waals surface area (Å²) in [6.07, 6.45) is 17.1. The van der Waals surface area contributed by atoms with Crippen LogP contribution in [0.25, 0.3) is 0 Å². The van der Waals surface area contributed by atoms with Gasteiger partial charge < -0.3 is 4.74 Å². The van der Waals surface area contributed by atoms with Crippen molar-refractivity contribution in [1.82, 2.24) is 0 Å². The minimum Gasteiger partial charge on any atom is -0.489 e. The van der Waals surface area contributed by atoms with Crippen LogP contribution in [0.1, 0.15) is 63.5 Å². The lowest BCUT2D eigenvalue weighted by molar-refractivity contribution is -0.0286. The summed E-state index contributed by atoms with van der Waals surface area (Å²) in [4.78, 5) is 0. The Morgan fingerprint density at radius 3 is 2.39 bits per heavy atom. The highest BCUT2D eigenvalue weighted by atomic mass is 16.5. The van der Waals surface area contributed by atoms with E-state index in [1.165, 1.54) is 60.8 Å². The van der Waals surface area contributed by atoms with Crippen LogP contribution in [0.2, 0.25) is 0 Å². The zero-order chi connectivity index (χ0) is 26.3. The average molecular weight is 505 g/mol. The number of hydrogen-bond acceptors (Lipinski definition) is 1. The van der Waals surface area contributed by atoms with Gasteiger partial charge in [0.25, 0.3) is 0 Å². The van der Waals surface area contributed by atoms with Crippen molar-refractivity contribution in [2.75, 3.05) is 6.61 Å². The molecular formula is C37H44O. The van der Waals surface area contributed by atoms with Gasteiger partial charge in [-0.05, 0) is 115 Å². The van der Waals surface area contributed by atoms with E-state index in [0.717, 1.165) is 36.3 Å². The van der Waals surface area contributed by atoms with Gasteiger partial charge in [-0.1, -0.05) is 93.3 Å². The van der Waals surface area contributed by atoms with Crippen molar-refractivity contribution in [2.45, 2.75) is 65.2 Å². The first kappa shape index (κ1) is 25.5. The molecule has 0 spiro atoms. The van der Waals surface area contributed by atoms with E-state index in [-0.39, 0.29) is 5.41 Å². The maximum absolute atomic E-state index is 6.30. The van der Waals surface area contributed by atoms with Gasteiger partial charge in [0.05, 0.1) is 0 Å². The van der Waals surface area contributed by atoms with Crippen LogP contribution < -0.4 is 4.74 Å². The molecule has 6 unspecified atom stereocenters. The molecule has 1 heteroatoms. The lowest BCUT2D eigenvalue weighted by Crippen LogP contribution is -2.49. The molecule has 6 rings (SSSR count). The SMILES string of the molecule is C=C1C=CC2(C)C(=C1)CCC1C2CCC2(C)C(C(=C)COc3ccc(CCc4ccccc4)cc3)CCC12. The molecule has 3 fully saturated rings. The summed E-state index contributed by atoms with van der Waals surface area (Å²) in [5.41, 5.74) is 7.46. The van der Waals surface area contributed by atoms with Crippen LogP contribution in [-0.2, 0) is 12.8 Å². The lowest BCUT2D eigenvalue weighted by Gasteiger charge is -2.57. The third kappa shape index (κ3) is 4.53. The van der Waals surface area contributed by atoms with Crippen LogP contribution in [0.5, 0.6) is 5.75 Å². The van der Waals surface area contributed by atoms with Crippen LogP contribution >= 0.6 is 0 Å². The summed E-state index contributed by atoms with van der Waals surface area (Å²) in [5, 5.41) is 0. The Kier molecular flexibility index (Phi) is 6.75. The highest BCUT2D eigenvalue weighted by molar-refractivity contribution is 5.43. The topological polar surface area (TPSA) is 9.23 Å². The Balaban J connectivity index is 1.07. The summed E-state index contributed by atoms with van der Waals surface area (Å²) in [6, 6.07) is 19.4. The quantitative estimate of drug-likeness (QED) is 0.341. The molecule has 2 aromatic carbocycles. The number of aryl methyl sites for hydroxylation is 2. The lowest BCUT2D eigenvalue weighted by atomic mass is 9.47.